The Morgan fingerprint density at radius 1 is 1.22 bits per heavy atom. The summed E-state index contributed by atoms with van der Waals surface area (Å²) in [5.74, 6) is -0.335. The number of halogens is 3. The summed E-state index contributed by atoms with van der Waals surface area (Å²) in [6.07, 6.45) is -0.232. The summed E-state index contributed by atoms with van der Waals surface area (Å²) in [6.45, 7) is 0.988. The van der Waals surface area contributed by atoms with Gasteiger partial charge in [0.1, 0.15) is 0 Å². The van der Waals surface area contributed by atoms with Gasteiger partial charge < -0.3 is 10.0 Å². The molecule has 128 valence electrons. The Bertz CT molecular complexity index is 565. The van der Waals surface area contributed by atoms with Gasteiger partial charge in [-0.2, -0.15) is 18.3 Å². The summed E-state index contributed by atoms with van der Waals surface area (Å²) in [4.78, 5) is 14.1. The average Bonchev–Trinajstić information content (AvgIpc) is 3.15. The number of amides is 1. The van der Waals surface area contributed by atoms with Crippen LogP contribution >= 0.6 is 0 Å². The maximum absolute atomic E-state index is 12.6. The van der Waals surface area contributed by atoms with E-state index in [2.05, 4.69) is 5.10 Å². The molecule has 0 bridgehead atoms. The maximum Gasteiger partial charge on any atom is 0.435 e. The Morgan fingerprint density at radius 2 is 1.91 bits per heavy atom. The van der Waals surface area contributed by atoms with Crippen LogP contribution in [0.5, 0.6) is 0 Å². The molecule has 3 rings (SSSR count). The third-order valence-electron chi connectivity index (χ3n) is 4.85. The Hall–Kier alpha value is -1.57. The van der Waals surface area contributed by atoms with Gasteiger partial charge in [-0.05, 0) is 38.2 Å². The van der Waals surface area contributed by atoms with E-state index in [-0.39, 0.29) is 17.9 Å². The molecule has 1 aromatic heterocycles. The van der Waals surface area contributed by atoms with Crippen LogP contribution in [0.25, 0.3) is 0 Å². The second-order valence-electron chi connectivity index (χ2n) is 6.34. The largest absolute Gasteiger partial charge is 0.435 e. The van der Waals surface area contributed by atoms with E-state index in [1.807, 2.05) is 0 Å². The van der Waals surface area contributed by atoms with E-state index in [9.17, 15) is 23.1 Å². The summed E-state index contributed by atoms with van der Waals surface area (Å²) in [6, 6.07) is 0.857. The average molecular weight is 331 g/mol. The zero-order valence-electron chi connectivity index (χ0n) is 12.7. The van der Waals surface area contributed by atoms with Gasteiger partial charge in [0.25, 0.3) is 0 Å². The minimum absolute atomic E-state index is 0.0232. The monoisotopic (exact) mass is 331 g/mol. The highest BCUT2D eigenvalue weighted by Crippen LogP contribution is 2.31. The highest BCUT2D eigenvalue weighted by Gasteiger charge is 2.37. The molecule has 1 aromatic rings. The normalized spacial score (nSPS) is 26.7. The molecular weight excluding hydrogens is 311 g/mol. The van der Waals surface area contributed by atoms with Gasteiger partial charge in [0, 0.05) is 19.3 Å². The SMILES string of the molecule is O=C(C1CCCC1O)N1CCC(n2ccc(C(F)(F)F)n2)CC1. The van der Waals surface area contributed by atoms with Crippen molar-refractivity contribution in [1.29, 1.82) is 0 Å². The molecule has 1 saturated carbocycles. The first-order valence-electron chi connectivity index (χ1n) is 7.95. The number of hydrogen-bond donors (Lipinski definition) is 1. The smallest absolute Gasteiger partial charge is 0.392 e. The van der Waals surface area contributed by atoms with Crippen molar-refractivity contribution in [3.05, 3.63) is 18.0 Å². The van der Waals surface area contributed by atoms with Crippen molar-refractivity contribution in [2.45, 2.75) is 50.4 Å². The van der Waals surface area contributed by atoms with Crippen LogP contribution in [0.15, 0.2) is 12.3 Å². The number of hydrogen-bond acceptors (Lipinski definition) is 3. The van der Waals surface area contributed by atoms with Gasteiger partial charge in [0.2, 0.25) is 5.91 Å². The Morgan fingerprint density at radius 3 is 2.43 bits per heavy atom. The lowest BCUT2D eigenvalue weighted by molar-refractivity contribution is -0.141. The van der Waals surface area contributed by atoms with Gasteiger partial charge in [-0.25, -0.2) is 0 Å². The van der Waals surface area contributed by atoms with Crippen molar-refractivity contribution in [2.24, 2.45) is 5.92 Å². The molecule has 2 fully saturated rings. The number of likely N-dealkylation sites (tertiary alicyclic amines) is 1. The lowest BCUT2D eigenvalue weighted by Crippen LogP contribution is -2.44. The fraction of sp³-hybridized carbons (Fsp3) is 0.733. The van der Waals surface area contributed by atoms with Crippen LogP contribution < -0.4 is 0 Å². The molecule has 8 heteroatoms. The third kappa shape index (κ3) is 3.36. The van der Waals surface area contributed by atoms with Gasteiger partial charge in [-0.15, -0.1) is 0 Å². The predicted octanol–water partition coefficient (Wildman–Crippen LogP) is 2.23. The molecule has 2 unspecified atom stereocenters. The summed E-state index contributed by atoms with van der Waals surface area (Å²) in [5.41, 5.74) is -0.884. The molecule has 1 amide bonds. The minimum atomic E-state index is -4.43. The van der Waals surface area contributed by atoms with Crippen LogP contribution in [0.1, 0.15) is 43.8 Å². The summed E-state index contributed by atoms with van der Waals surface area (Å²) < 4.78 is 39.1. The molecule has 1 N–H and O–H groups in total. The molecule has 0 spiro atoms. The zero-order chi connectivity index (χ0) is 16.6. The molecule has 2 heterocycles. The first-order valence-corrected chi connectivity index (χ1v) is 7.95. The quantitative estimate of drug-likeness (QED) is 0.904. The maximum atomic E-state index is 12.6. The van der Waals surface area contributed by atoms with Crippen LogP contribution in [0.4, 0.5) is 13.2 Å². The van der Waals surface area contributed by atoms with Crippen molar-refractivity contribution in [1.82, 2.24) is 14.7 Å². The Kier molecular flexibility index (Phi) is 4.35. The van der Waals surface area contributed by atoms with E-state index in [0.717, 1.165) is 12.5 Å². The second-order valence-corrected chi connectivity index (χ2v) is 6.34. The molecule has 2 atom stereocenters. The van der Waals surface area contributed by atoms with Crippen molar-refractivity contribution in [2.75, 3.05) is 13.1 Å². The van der Waals surface area contributed by atoms with Gasteiger partial charge in [-0.3, -0.25) is 9.48 Å². The molecule has 0 radical (unpaired) electrons. The molecule has 1 aliphatic carbocycles. The standard InChI is InChI=1S/C15H20F3N3O2/c16-15(17,18)13-6-9-21(19-13)10-4-7-20(8-5-10)14(23)11-2-1-3-12(11)22/h6,9-12,22H,1-5,7-8H2. The summed E-state index contributed by atoms with van der Waals surface area (Å²) in [5, 5.41) is 13.4. The number of carbonyl (C=O) groups is 1. The summed E-state index contributed by atoms with van der Waals surface area (Å²) >= 11 is 0. The first kappa shape index (κ1) is 16.3. The van der Waals surface area contributed by atoms with Gasteiger partial charge >= 0.3 is 6.18 Å². The first-order chi connectivity index (χ1) is 10.9. The molecule has 1 aliphatic heterocycles. The van der Waals surface area contributed by atoms with E-state index in [0.29, 0.717) is 38.8 Å². The Balaban J connectivity index is 1.58. The number of aliphatic hydroxyl groups is 1. The third-order valence-corrected chi connectivity index (χ3v) is 4.85. The number of aliphatic hydroxyl groups excluding tert-OH is 1. The van der Waals surface area contributed by atoms with Crippen molar-refractivity contribution < 1.29 is 23.1 Å². The number of alkyl halides is 3. The number of aromatic nitrogens is 2. The van der Waals surface area contributed by atoms with Crippen LogP contribution in [-0.4, -0.2) is 44.9 Å². The van der Waals surface area contributed by atoms with Gasteiger partial charge in [0.15, 0.2) is 5.69 Å². The van der Waals surface area contributed by atoms with Gasteiger partial charge in [-0.1, -0.05) is 0 Å². The van der Waals surface area contributed by atoms with Crippen molar-refractivity contribution >= 4 is 5.91 Å². The Labute approximate surface area is 132 Å². The van der Waals surface area contributed by atoms with E-state index >= 15 is 0 Å². The van der Waals surface area contributed by atoms with Crippen molar-refractivity contribution in [3.63, 3.8) is 0 Å². The van der Waals surface area contributed by atoms with Crippen LogP contribution in [0.3, 0.4) is 0 Å². The number of carbonyl (C=O) groups excluding carboxylic acids is 1. The fourth-order valence-corrected chi connectivity index (χ4v) is 3.51. The number of rotatable bonds is 2. The highest BCUT2D eigenvalue weighted by atomic mass is 19.4. The molecular formula is C15H20F3N3O2. The van der Waals surface area contributed by atoms with Gasteiger partial charge in [0.05, 0.1) is 18.1 Å². The fourth-order valence-electron chi connectivity index (χ4n) is 3.51. The number of piperidine rings is 1. The van der Waals surface area contributed by atoms with Crippen LogP contribution in [-0.2, 0) is 11.0 Å². The minimum Gasteiger partial charge on any atom is -0.392 e. The highest BCUT2D eigenvalue weighted by molar-refractivity contribution is 5.79. The van der Waals surface area contributed by atoms with Crippen LogP contribution in [0.2, 0.25) is 0 Å². The topological polar surface area (TPSA) is 58.4 Å². The lowest BCUT2D eigenvalue weighted by Gasteiger charge is -2.34. The molecule has 2 aliphatic rings. The molecule has 0 aromatic carbocycles. The van der Waals surface area contributed by atoms with E-state index in [4.69, 9.17) is 0 Å². The van der Waals surface area contributed by atoms with E-state index in [1.165, 1.54) is 10.9 Å². The molecule has 5 nitrogen and oxygen atoms in total. The predicted molar refractivity (Wildman–Crippen MR) is 75.4 cm³/mol. The number of nitrogens with zero attached hydrogens (tertiary/aromatic N) is 3. The lowest BCUT2D eigenvalue weighted by atomic mass is 10.00. The second kappa shape index (κ2) is 6.14. The van der Waals surface area contributed by atoms with Crippen molar-refractivity contribution in [3.8, 4) is 0 Å². The van der Waals surface area contributed by atoms with E-state index in [1.54, 1.807) is 4.90 Å². The van der Waals surface area contributed by atoms with Crippen LogP contribution in [0, 0.1) is 5.92 Å². The summed E-state index contributed by atoms with van der Waals surface area (Å²) in [7, 11) is 0. The molecule has 1 saturated heterocycles. The van der Waals surface area contributed by atoms with E-state index < -0.39 is 18.0 Å². The molecule has 23 heavy (non-hydrogen) atoms. The zero-order valence-corrected chi connectivity index (χ0v) is 12.7.